The van der Waals surface area contributed by atoms with Gasteiger partial charge in [0, 0.05) is 38.2 Å². The lowest BCUT2D eigenvalue weighted by Gasteiger charge is -2.22. The van der Waals surface area contributed by atoms with Crippen LogP contribution >= 0.6 is 0 Å². The number of methoxy groups -OCH3 is 1. The van der Waals surface area contributed by atoms with Crippen LogP contribution in [-0.2, 0) is 4.74 Å². The summed E-state index contributed by atoms with van der Waals surface area (Å²) < 4.78 is 5.08. The van der Waals surface area contributed by atoms with Crippen LogP contribution in [0.2, 0.25) is 0 Å². The van der Waals surface area contributed by atoms with Crippen molar-refractivity contribution in [2.75, 3.05) is 13.7 Å². The SMILES string of the molecule is CCC(NC(C)CCOC)c1ccncc1. The summed E-state index contributed by atoms with van der Waals surface area (Å²) in [5.74, 6) is 0. The van der Waals surface area contributed by atoms with Gasteiger partial charge < -0.3 is 10.1 Å². The lowest BCUT2D eigenvalue weighted by molar-refractivity contribution is 0.182. The number of hydrogen-bond donors (Lipinski definition) is 1. The molecule has 0 bridgehead atoms. The molecule has 0 aliphatic carbocycles. The molecule has 3 nitrogen and oxygen atoms in total. The second-order valence-electron chi connectivity index (χ2n) is 4.09. The van der Waals surface area contributed by atoms with Gasteiger partial charge in [-0.25, -0.2) is 0 Å². The van der Waals surface area contributed by atoms with Gasteiger partial charge in [-0.15, -0.1) is 0 Å². The fraction of sp³-hybridized carbons (Fsp3) is 0.615. The molecule has 0 aliphatic heterocycles. The van der Waals surface area contributed by atoms with Gasteiger partial charge in [0.25, 0.3) is 0 Å². The third kappa shape index (κ3) is 4.29. The lowest BCUT2D eigenvalue weighted by atomic mass is 10.0. The molecule has 0 saturated carbocycles. The summed E-state index contributed by atoms with van der Waals surface area (Å²) in [6.45, 7) is 5.20. The zero-order valence-corrected chi connectivity index (χ0v) is 10.4. The van der Waals surface area contributed by atoms with Gasteiger partial charge in [-0.2, -0.15) is 0 Å². The third-order valence-electron chi connectivity index (χ3n) is 2.76. The molecular formula is C13H22N2O. The van der Waals surface area contributed by atoms with Gasteiger partial charge in [0.15, 0.2) is 0 Å². The lowest BCUT2D eigenvalue weighted by Crippen LogP contribution is -2.31. The summed E-state index contributed by atoms with van der Waals surface area (Å²) in [4.78, 5) is 4.04. The molecule has 0 spiro atoms. The van der Waals surface area contributed by atoms with Gasteiger partial charge in [-0.3, -0.25) is 4.98 Å². The Morgan fingerprint density at radius 2 is 2.06 bits per heavy atom. The molecule has 1 aromatic rings. The van der Waals surface area contributed by atoms with Crippen molar-refractivity contribution in [1.82, 2.24) is 10.3 Å². The van der Waals surface area contributed by atoms with E-state index in [9.17, 15) is 0 Å². The summed E-state index contributed by atoms with van der Waals surface area (Å²) in [6, 6.07) is 5.03. The van der Waals surface area contributed by atoms with Crippen LogP contribution in [0.25, 0.3) is 0 Å². The fourth-order valence-electron chi connectivity index (χ4n) is 1.77. The van der Waals surface area contributed by atoms with E-state index in [1.807, 2.05) is 12.4 Å². The molecule has 1 heterocycles. The van der Waals surface area contributed by atoms with E-state index in [-0.39, 0.29) is 0 Å². The van der Waals surface area contributed by atoms with Crippen molar-refractivity contribution in [1.29, 1.82) is 0 Å². The summed E-state index contributed by atoms with van der Waals surface area (Å²) >= 11 is 0. The van der Waals surface area contributed by atoms with Crippen LogP contribution < -0.4 is 5.32 Å². The first-order valence-corrected chi connectivity index (χ1v) is 5.92. The molecule has 16 heavy (non-hydrogen) atoms. The monoisotopic (exact) mass is 222 g/mol. The minimum absolute atomic E-state index is 0.412. The molecule has 0 saturated heterocycles. The highest BCUT2D eigenvalue weighted by molar-refractivity contribution is 5.14. The molecule has 0 fully saturated rings. The van der Waals surface area contributed by atoms with E-state index in [1.165, 1.54) is 5.56 Å². The van der Waals surface area contributed by atoms with Crippen molar-refractivity contribution < 1.29 is 4.74 Å². The molecule has 3 heteroatoms. The summed E-state index contributed by atoms with van der Waals surface area (Å²) in [5.41, 5.74) is 1.31. The standard InChI is InChI=1S/C13H22N2O/c1-4-13(12-5-8-14-9-6-12)15-11(2)7-10-16-3/h5-6,8-9,11,13,15H,4,7,10H2,1-3H3. The van der Waals surface area contributed by atoms with E-state index >= 15 is 0 Å². The average Bonchev–Trinajstić information content (AvgIpc) is 2.34. The van der Waals surface area contributed by atoms with Crippen LogP contribution in [-0.4, -0.2) is 24.7 Å². The van der Waals surface area contributed by atoms with E-state index < -0.39 is 0 Å². The molecule has 0 aliphatic rings. The van der Waals surface area contributed by atoms with E-state index in [0.717, 1.165) is 19.4 Å². The van der Waals surface area contributed by atoms with Gasteiger partial charge in [-0.05, 0) is 37.5 Å². The van der Waals surface area contributed by atoms with Crippen LogP contribution in [0, 0.1) is 0 Å². The maximum atomic E-state index is 5.08. The predicted octanol–water partition coefficient (Wildman–Crippen LogP) is 2.55. The highest BCUT2D eigenvalue weighted by atomic mass is 16.5. The van der Waals surface area contributed by atoms with E-state index in [2.05, 4.69) is 36.3 Å². The van der Waals surface area contributed by atoms with Crippen molar-refractivity contribution in [3.05, 3.63) is 30.1 Å². The molecule has 1 aromatic heterocycles. The first-order valence-electron chi connectivity index (χ1n) is 5.92. The summed E-state index contributed by atoms with van der Waals surface area (Å²) in [5, 5.41) is 3.61. The van der Waals surface area contributed by atoms with Crippen molar-refractivity contribution >= 4 is 0 Å². The Kier molecular flexibility index (Phi) is 6.04. The van der Waals surface area contributed by atoms with Crippen molar-refractivity contribution in [2.24, 2.45) is 0 Å². The minimum atomic E-state index is 0.412. The van der Waals surface area contributed by atoms with Crippen LogP contribution in [0.5, 0.6) is 0 Å². The number of rotatable bonds is 7. The van der Waals surface area contributed by atoms with Crippen LogP contribution in [0.15, 0.2) is 24.5 Å². The number of ether oxygens (including phenoxy) is 1. The Balaban J connectivity index is 2.49. The number of aromatic nitrogens is 1. The first kappa shape index (κ1) is 13.1. The maximum absolute atomic E-state index is 5.08. The van der Waals surface area contributed by atoms with Gasteiger partial charge in [-0.1, -0.05) is 6.92 Å². The van der Waals surface area contributed by atoms with E-state index in [1.54, 1.807) is 7.11 Å². The van der Waals surface area contributed by atoms with E-state index in [4.69, 9.17) is 4.74 Å². The fourth-order valence-corrected chi connectivity index (χ4v) is 1.77. The topological polar surface area (TPSA) is 34.1 Å². The normalized spacial score (nSPS) is 14.7. The molecule has 1 rings (SSSR count). The van der Waals surface area contributed by atoms with Gasteiger partial charge in [0.1, 0.15) is 0 Å². The quantitative estimate of drug-likeness (QED) is 0.770. The largest absolute Gasteiger partial charge is 0.385 e. The van der Waals surface area contributed by atoms with Crippen molar-refractivity contribution in [3.8, 4) is 0 Å². The molecule has 2 unspecified atom stereocenters. The number of nitrogens with one attached hydrogen (secondary N) is 1. The van der Waals surface area contributed by atoms with Crippen LogP contribution in [0.4, 0.5) is 0 Å². The van der Waals surface area contributed by atoms with Gasteiger partial charge in [0.05, 0.1) is 0 Å². The molecule has 90 valence electrons. The summed E-state index contributed by atoms with van der Waals surface area (Å²) in [6.07, 6.45) is 5.82. The number of hydrogen-bond acceptors (Lipinski definition) is 3. The molecule has 0 radical (unpaired) electrons. The number of nitrogens with zero attached hydrogens (tertiary/aromatic N) is 1. The smallest absolute Gasteiger partial charge is 0.0476 e. The Hall–Kier alpha value is -0.930. The maximum Gasteiger partial charge on any atom is 0.0476 e. The van der Waals surface area contributed by atoms with E-state index in [0.29, 0.717) is 12.1 Å². The highest BCUT2D eigenvalue weighted by Gasteiger charge is 2.11. The molecule has 0 amide bonds. The molecular weight excluding hydrogens is 200 g/mol. The molecule has 0 aromatic carbocycles. The molecule has 2 atom stereocenters. The minimum Gasteiger partial charge on any atom is -0.385 e. The zero-order valence-electron chi connectivity index (χ0n) is 10.4. The van der Waals surface area contributed by atoms with Crippen LogP contribution in [0.3, 0.4) is 0 Å². The Morgan fingerprint density at radius 3 is 2.62 bits per heavy atom. The Morgan fingerprint density at radius 1 is 1.38 bits per heavy atom. The zero-order chi connectivity index (χ0) is 11.8. The van der Waals surface area contributed by atoms with Crippen molar-refractivity contribution in [3.63, 3.8) is 0 Å². The molecule has 1 N–H and O–H groups in total. The predicted molar refractivity (Wildman–Crippen MR) is 66.4 cm³/mol. The van der Waals surface area contributed by atoms with Gasteiger partial charge in [0.2, 0.25) is 0 Å². The number of pyridine rings is 1. The van der Waals surface area contributed by atoms with Crippen molar-refractivity contribution in [2.45, 2.75) is 38.8 Å². The average molecular weight is 222 g/mol. The second-order valence-corrected chi connectivity index (χ2v) is 4.09. The summed E-state index contributed by atoms with van der Waals surface area (Å²) in [7, 11) is 1.74. The first-order chi connectivity index (χ1) is 7.77. The Labute approximate surface area is 98.2 Å². The second kappa shape index (κ2) is 7.36. The van der Waals surface area contributed by atoms with Gasteiger partial charge >= 0.3 is 0 Å². The third-order valence-corrected chi connectivity index (χ3v) is 2.76. The van der Waals surface area contributed by atoms with Crippen LogP contribution in [0.1, 0.15) is 38.3 Å². The Bertz CT molecular complexity index is 277. The highest BCUT2D eigenvalue weighted by Crippen LogP contribution is 2.16.